The van der Waals surface area contributed by atoms with E-state index in [1.54, 1.807) is 26.4 Å². The lowest BCUT2D eigenvalue weighted by atomic mass is 10.0. The van der Waals surface area contributed by atoms with Gasteiger partial charge in [0.05, 0.1) is 25.7 Å². The molecule has 0 N–H and O–H groups in total. The molecule has 0 radical (unpaired) electrons. The molecule has 0 saturated carbocycles. The number of ketones is 1. The van der Waals surface area contributed by atoms with Crippen molar-refractivity contribution in [1.82, 2.24) is 0 Å². The van der Waals surface area contributed by atoms with Gasteiger partial charge in [0.25, 0.3) is 5.91 Å². The van der Waals surface area contributed by atoms with Crippen molar-refractivity contribution in [2.24, 2.45) is 4.99 Å². The Bertz CT molecular complexity index is 1330. The fourth-order valence-electron chi connectivity index (χ4n) is 3.67. The van der Waals surface area contributed by atoms with Crippen LogP contribution in [0, 0.1) is 13.8 Å². The number of anilines is 1. The number of benzene rings is 3. The molecule has 0 unspecified atom stereocenters. The maximum atomic E-state index is 13.4. The van der Waals surface area contributed by atoms with Crippen molar-refractivity contribution in [3.8, 4) is 11.5 Å². The Hall–Kier alpha value is -3.84. The number of Topliss-reactive ketones (excluding diaryl/α,β-unsaturated/α-hetero) is 1. The molecule has 0 saturated heterocycles. The molecule has 0 bridgehead atoms. The van der Waals surface area contributed by atoms with Gasteiger partial charge in [0.2, 0.25) is 0 Å². The summed E-state index contributed by atoms with van der Waals surface area (Å²) in [6.45, 7) is 3.88. The monoisotopic (exact) mass is 486 g/mol. The predicted octanol–water partition coefficient (Wildman–Crippen LogP) is 5.68. The first-order valence-corrected chi connectivity index (χ1v) is 12.0. The van der Waals surface area contributed by atoms with Crippen LogP contribution in [0.25, 0.3) is 6.08 Å². The van der Waals surface area contributed by atoms with Gasteiger partial charge < -0.3 is 9.47 Å². The molecule has 0 spiro atoms. The first-order valence-electron chi connectivity index (χ1n) is 11.1. The molecular formula is C28H26N2O4S. The van der Waals surface area contributed by atoms with E-state index in [2.05, 4.69) is 4.99 Å². The third-order valence-electron chi connectivity index (χ3n) is 5.59. The number of hydrogen-bond donors (Lipinski definition) is 0. The number of nitrogens with zero attached hydrogens (tertiary/aromatic N) is 2. The average Bonchev–Trinajstić information content (AvgIpc) is 3.19. The van der Waals surface area contributed by atoms with Gasteiger partial charge in [-0.3, -0.25) is 14.5 Å². The quantitative estimate of drug-likeness (QED) is 0.317. The molecule has 0 fully saturated rings. The summed E-state index contributed by atoms with van der Waals surface area (Å²) in [5.41, 5.74) is 4.37. The van der Waals surface area contributed by atoms with Crippen molar-refractivity contribution >= 4 is 40.4 Å². The van der Waals surface area contributed by atoms with Crippen LogP contribution in [0.2, 0.25) is 0 Å². The second-order valence-corrected chi connectivity index (χ2v) is 9.01. The van der Waals surface area contributed by atoms with Crippen molar-refractivity contribution < 1.29 is 19.1 Å². The average molecular weight is 487 g/mol. The highest BCUT2D eigenvalue weighted by molar-refractivity contribution is 8.14. The lowest BCUT2D eigenvalue weighted by molar-refractivity contribution is -0.113. The van der Waals surface area contributed by atoms with E-state index in [0.717, 1.165) is 22.4 Å². The third kappa shape index (κ3) is 5.46. The number of carbonyl (C=O) groups is 2. The minimum Gasteiger partial charge on any atom is -0.497 e. The summed E-state index contributed by atoms with van der Waals surface area (Å²) in [4.78, 5) is 32.6. The molecule has 3 aromatic rings. The van der Waals surface area contributed by atoms with Crippen LogP contribution in [0.3, 0.4) is 0 Å². The lowest BCUT2D eigenvalue weighted by Gasteiger charge is -2.18. The topological polar surface area (TPSA) is 68.2 Å². The summed E-state index contributed by atoms with van der Waals surface area (Å²) in [6, 6.07) is 20.4. The first kappa shape index (κ1) is 24.3. The molecule has 0 aromatic heterocycles. The van der Waals surface area contributed by atoms with Gasteiger partial charge in [0, 0.05) is 11.6 Å². The standard InChI is InChI=1S/C28H26N2O4S/c1-18-8-9-19(2)24(14-18)26(31)17-35-28-29-25(15-20-10-12-22(33-3)13-11-20)27(32)30(28)21-6-5-7-23(16-21)34-4/h5-16H,17H2,1-4H3. The van der Waals surface area contributed by atoms with E-state index in [1.165, 1.54) is 16.7 Å². The van der Waals surface area contributed by atoms with Gasteiger partial charge >= 0.3 is 0 Å². The second-order valence-electron chi connectivity index (χ2n) is 8.07. The Morgan fingerprint density at radius 2 is 1.71 bits per heavy atom. The minimum atomic E-state index is -0.268. The van der Waals surface area contributed by atoms with Crippen molar-refractivity contribution in [2.45, 2.75) is 13.8 Å². The maximum Gasteiger partial charge on any atom is 0.283 e. The van der Waals surface area contributed by atoms with Gasteiger partial charge in [0.1, 0.15) is 17.2 Å². The number of aliphatic imine (C=N–C) groups is 1. The number of amides is 1. The smallest absolute Gasteiger partial charge is 0.283 e. The molecule has 1 aliphatic rings. The molecule has 6 nitrogen and oxygen atoms in total. The van der Waals surface area contributed by atoms with Crippen LogP contribution in [-0.4, -0.2) is 36.8 Å². The fourth-order valence-corrected chi connectivity index (χ4v) is 4.57. The van der Waals surface area contributed by atoms with Gasteiger partial charge in [-0.05, 0) is 61.4 Å². The Balaban J connectivity index is 1.65. The zero-order chi connectivity index (χ0) is 24.9. The number of methoxy groups -OCH3 is 2. The molecule has 1 heterocycles. The van der Waals surface area contributed by atoms with Crippen LogP contribution < -0.4 is 14.4 Å². The summed E-state index contributed by atoms with van der Waals surface area (Å²) in [7, 11) is 3.18. The summed E-state index contributed by atoms with van der Waals surface area (Å²) >= 11 is 1.25. The summed E-state index contributed by atoms with van der Waals surface area (Å²) in [6.07, 6.45) is 1.73. The van der Waals surface area contributed by atoms with Crippen LogP contribution in [0.4, 0.5) is 5.69 Å². The van der Waals surface area contributed by atoms with Crippen LogP contribution in [0.1, 0.15) is 27.0 Å². The number of amidine groups is 1. The summed E-state index contributed by atoms with van der Waals surface area (Å²) in [5, 5.41) is 0.446. The highest BCUT2D eigenvalue weighted by atomic mass is 32.2. The van der Waals surface area contributed by atoms with Crippen molar-refractivity contribution in [2.75, 3.05) is 24.9 Å². The number of rotatable bonds is 7. The Kier molecular flexibility index (Phi) is 7.36. The van der Waals surface area contributed by atoms with Crippen LogP contribution in [0.15, 0.2) is 77.4 Å². The minimum absolute atomic E-state index is 0.00970. The Morgan fingerprint density at radius 3 is 2.43 bits per heavy atom. The van der Waals surface area contributed by atoms with Crippen molar-refractivity contribution in [1.29, 1.82) is 0 Å². The second kappa shape index (κ2) is 10.6. The molecule has 7 heteroatoms. The van der Waals surface area contributed by atoms with Crippen molar-refractivity contribution in [3.05, 3.63) is 94.7 Å². The van der Waals surface area contributed by atoms with Crippen LogP contribution in [-0.2, 0) is 4.79 Å². The normalized spacial score (nSPS) is 14.3. The zero-order valence-electron chi connectivity index (χ0n) is 20.1. The largest absolute Gasteiger partial charge is 0.497 e. The molecule has 4 rings (SSSR count). The van der Waals surface area contributed by atoms with E-state index in [1.807, 2.05) is 74.5 Å². The summed E-state index contributed by atoms with van der Waals surface area (Å²) in [5.74, 6) is 1.23. The molecule has 0 aliphatic carbocycles. The van der Waals surface area contributed by atoms with E-state index >= 15 is 0 Å². The Morgan fingerprint density at radius 1 is 0.971 bits per heavy atom. The molecule has 0 atom stereocenters. The molecular weight excluding hydrogens is 460 g/mol. The Labute approximate surface area is 209 Å². The molecule has 3 aromatic carbocycles. The van der Waals surface area contributed by atoms with E-state index in [-0.39, 0.29) is 17.4 Å². The van der Waals surface area contributed by atoms with Gasteiger partial charge in [-0.2, -0.15) is 0 Å². The van der Waals surface area contributed by atoms with E-state index in [4.69, 9.17) is 9.47 Å². The van der Waals surface area contributed by atoms with Gasteiger partial charge in [-0.15, -0.1) is 0 Å². The van der Waals surface area contributed by atoms with Gasteiger partial charge in [0.15, 0.2) is 11.0 Å². The zero-order valence-corrected chi connectivity index (χ0v) is 20.9. The van der Waals surface area contributed by atoms with E-state index in [0.29, 0.717) is 27.9 Å². The van der Waals surface area contributed by atoms with E-state index in [9.17, 15) is 9.59 Å². The van der Waals surface area contributed by atoms with Crippen LogP contribution >= 0.6 is 11.8 Å². The number of thioether (sulfide) groups is 1. The number of carbonyl (C=O) groups excluding carboxylic acids is 2. The number of ether oxygens (including phenoxy) is 2. The predicted molar refractivity (Wildman–Crippen MR) is 142 cm³/mol. The third-order valence-corrected chi connectivity index (χ3v) is 6.52. The molecule has 178 valence electrons. The van der Waals surface area contributed by atoms with E-state index < -0.39 is 0 Å². The molecule has 35 heavy (non-hydrogen) atoms. The van der Waals surface area contributed by atoms with Gasteiger partial charge in [-0.1, -0.05) is 47.7 Å². The highest BCUT2D eigenvalue weighted by Crippen LogP contribution is 2.32. The van der Waals surface area contributed by atoms with Crippen molar-refractivity contribution in [3.63, 3.8) is 0 Å². The highest BCUT2D eigenvalue weighted by Gasteiger charge is 2.32. The number of aryl methyl sites for hydroxylation is 2. The maximum absolute atomic E-state index is 13.4. The summed E-state index contributed by atoms with van der Waals surface area (Å²) < 4.78 is 10.6. The van der Waals surface area contributed by atoms with Gasteiger partial charge in [-0.25, -0.2) is 4.99 Å². The number of hydrogen-bond acceptors (Lipinski definition) is 6. The SMILES string of the molecule is COc1ccc(C=C2N=C(SCC(=O)c3cc(C)ccc3C)N(c3cccc(OC)c3)C2=O)cc1. The molecule has 1 aliphatic heterocycles. The van der Waals surface area contributed by atoms with Crippen LogP contribution in [0.5, 0.6) is 11.5 Å². The first-order chi connectivity index (χ1) is 16.9. The lowest BCUT2D eigenvalue weighted by Crippen LogP contribution is -2.30. The fraction of sp³-hybridized carbons (Fsp3) is 0.179. The molecule has 1 amide bonds.